The fourth-order valence-electron chi connectivity index (χ4n) is 0.736. The van der Waals surface area contributed by atoms with Gasteiger partial charge in [0.15, 0.2) is 0 Å². The molecule has 1 atom stereocenters. The van der Waals surface area contributed by atoms with Crippen molar-refractivity contribution in [3.63, 3.8) is 0 Å². The van der Waals surface area contributed by atoms with Crippen LogP contribution < -0.4 is 10.3 Å². The minimum atomic E-state index is -4.40. The molecule has 0 aromatic heterocycles. The highest BCUT2D eigenvalue weighted by Crippen LogP contribution is 2.37. The molecule has 0 amide bonds. The van der Waals surface area contributed by atoms with E-state index in [4.69, 9.17) is 20.6 Å². The maximum atomic E-state index is 10.4. The van der Waals surface area contributed by atoms with Gasteiger partial charge < -0.3 is 15.4 Å². The Labute approximate surface area is 104 Å². The van der Waals surface area contributed by atoms with Crippen LogP contribution in [0.3, 0.4) is 0 Å². The molecule has 0 fully saturated rings. The molecule has 5 N–H and O–H groups in total. The molecule has 18 heavy (non-hydrogen) atoms. The summed E-state index contributed by atoms with van der Waals surface area (Å²) in [6, 6.07) is 5.71. The van der Waals surface area contributed by atoms with Crippen LogP contribution in [0.4, 0.5) is 0 Å². The predicted octanol–water partition coefficient (Wildman–Crippen LogP) is 0.885. The number of aryl methyl sites for hydroxylation is 1. The van der Waals surface area contributed by atoms with Crippen molar-refractivity contribution in [2.24, 2.45) is 5.73 Å². The molecule has 0 aliphatic heterocycles. The summed E-state index contributed by atoms with van der Waals surface area (Å²) in [6.07, 6.45) is 0. The monoisotopic (exact) mass is 277 g/mol. The second-order valence-electron chi connectivity index (χ2n) is 3.52. The number of hydrogen-bond donors (Lipinski definition) is 4. The van der Waals surface area contributed by atoms with E-state index in [1.54, 1.807) is 12.1 Å². The van der Waals surface area contributed by atoms with Crippen LogP contribution in [0.1, 0.15) is 12.5 Å². The Morgan fingerprint density at radius 1 is 1.33 bits per heavy atom. The minimum absolute atomic E-state index is 0.175. The molecule has 1 aromatic rings. The van der Waals surface area contributed by atoms with Gasteiger partial charge in [-0.15, -0.1) is 0 Å². The summed E-state index contributed by atoms with van der Waals surface area (Å²) < 4.78 is 14.7. The van der Waals surface area contributed by atoms with E-state index in [9.17, 15) is 9.36 Å². The van der Waals surface area contributed by atoms with Crippen LogP contribution in [0.2, 0.25) is 0 Å². The third-order valence-electron chi connectivity index (χ3n) is 1.63. The Balaban J connectivity index is 0.000000411. The molecular weight excluding hydrogens is 261 g/mol. The van der Waals surface area contributed by atoms with Crippen molar-refractivity contribution in [2.75, 3.05) is 0 Å². The Kier molecular flexibility index (Phi) is 6.57. The molecule has 0 spiro atoms. The molecule has 0 aliphatic carbocycles. The van der Waals surface area contributed by atoms with Crippen LogP contribution >= 0.6 is 7.82 Å². The van der Waals surface area contributed by atoms with E-state index in [-0.39, 0.29) is 5.75 Å². The van der Waals surface area contributed by atoms with Crippen LogP contribution in [0, 0.1) is 6.92 Å². The number of hydrogen-bond acceptors (Lipinski definition) is 4. The van der Waals surface area contributed by atoms with E-state index in [1.807, 2.05) is 6.92 Å². The average Bonchev–Trinajstić information content (AvgIpc) is 2.20. The van der Waals surface area contributed by atoms with Gasteiger partial charge in [-0.05, 0) is 26.0 Å². The van der Waals surface area contributed by atoms with E-state index in [0.717, 1.165) is 5.56 Å². The first-order valence-corrected chi connectivity index (χ1v) is 6.45. The molecular formula is C10H16NO6P. The number of carboxylic acids is 1. The molecule has 0 saturated heterocycles. The highest BCUT2D eigenvalue weighted by molar-refractivity contribution is 7.46. The number of carboxylic acid groups (broad SMARTS) is 1. The van der Waals surface area contributed by atoms with Gasteiger partial charge in [-0.1, -0.05) is 17.7 Å². The van der Waals surface area contributed by atoms with Crippen molar-refractivity contribution in [3.05, 3.63) is 29.8 Å². The van der Waals surface area contributed by atoms with Crippen LogP contribution in [0.5, 0.6) is 5.75 Å². The lowest BCUT2D eigenvalue weighted by molar-refractivity contribution is -0.138. The van der Waals surface area contributed by atoms with Gasteiger partial charge in [-0.25, -0.2) is 4.57 Å². The van der Waals surface area contributed by atoms with Gasteiger partial charge in [-0.2, -0.15) is 0 Å². The summed E-state index contributed by atoms with van der Waals surface area (Å²) in [4.78, 5) is 26.4. The van der Waals surface area contributed by atoms with E-state index < -0.39 is 19.8 Å². The normalized spacial score (nSPS) is 12.1. The molecule has 7 nitrogen and oxygen atoms in total. The number of phosphoric acid groups is 1. The van der Waals surface area contributed by atoms with Crippen molar-refractivity contribution in [1.29, 1.82) is 0 Å². The second-order valence-corrected chi connectivity index (χ2v) is 4.69. The molecule has 1 rings (SSSR count). The number of nitrogens with two attached hydrogens (primary N) is 1. The molecule has 0 unspecified atom stereocenters. The molecule has 102 valence electrons. The zero-order valence-electron chi connectivity index (χ0n) is 9.98. The number of carbonyl (C=O) groups is 1. The number of benzene rings is 1. The largest absolute Gasteiger partial charge is 0.524 e. The van der Waals surface area contributed by atoms with Crippen LogP contribution in [0.25, 0.3) is 0 Å². The molecule has 0 saturated carbocycles. The zero-order chi connectivity index (χ0) is 14.3. The summed E-state index contributed by atoms with van der Waals surface area (Å²) in [5.41, 5.74) is 5.84. The maximum Gasteiger partial charge on any atom is 0.524 e. The summed E-state index contributed by atoms with van der Waals surface area (Å²) in [6.45, 7) is 3.30. The minimum Gasteiger partial charge on any atom is -0.480 e. The molecule has 0 aliphatic rings. The fraction of sp³-hybridized carbons (Fsp3) is 0.300. The number of phosphoric ester groups is 1. The first-order valence-electron chi connectivity index (χ1n) is 4.92. The summed E-state index contributed by atoms with van der Waals surface area (Å²) in [5, 5.41) is 7.87. The Morgan fingerprint density at radius 2 is 1.72 bits per heavy atom. The first kappa shape index (κ1) is 16.6. The highest BCUT2D eigenvalue weighted by Gasteiger charge is 2.14. The quantitative estimate of drug-likeness (QED) is 0.603. The van der Waals surface area contributed by atoms with Gasteiger partial charge in [0.05, 0.1) is 0 Å². The van der Waals surface area contributed by atoms with E-state index in [0.29, 0.717) is 0 Å². The van der Waals surface area contributed by atoms with Gasteiger partial charge in [0, 0.05) is 0 Å². The predicted molar refractivity (Wildman–Crippen MR) is 65.1 cm³/mol. The highest BCUT2D eigenvalue weighted by atomic mass is 31.2. The average molecular weight is 277 g/mol. The zero-order valence-corrected chi connectivity index (χ0v) is 10.9. The summed E-state index contributed by atoms with van der Waals surface area (Å²) in [5.74, 6) is -0.788. The van der Waals surface area contributed by atoms with Gasteiger partial charge in [0.1, 0.15) is 11.8 Å². The van der Waals surface area contributed by atoms with E-state index in [1.165, 1.54) is 19.1 Å². The third-order valence-corrected chi connectivity index (χ3v) is 2.08. The smallest absolute Gasteiger partial charge is 0.480 e. The Morgan fingerprint density at radius 3 is 2.00 bits per heavy atom. The van der Waals surface area contributed by atoms with Crippen molar-refractivity contribution >= 4 is 13.8 Å². The standard InChI is InChI=1S/C7H9O4P.C3H7NO2/c1-6-2-4-7(5-3-6)11-12(8,9)10;1-2(4)3(5)6/h2-5H,1H3,(H2,8,9,10);2H,4H2,1H3,(H,5,6)/t;2-/m.0/s1. The molecule has 0 bridgehead atoms. The lowest BCUT2D eigenvalue weighted by Gasteiger charge is -2.05. The Hall–Kier alpha value is -1.40. The van der Waals surface area contributed by atoms with Gasteiger partial charge in [0.2, 0.25) is 0 Å². The van der Waals surface area contributed by atoms with Crippen molar-refractivity contribution in [2.45, 2.75) is 19.9 Å². The van der Waals surface area contributed by atoms with Crippen molar-refractivity contribution in [3.8, 4) is 5.75 Å². The van der Waals surface area contributed by atoms with Crippen LogP contribution in [-0.2, 0) is 9.36 Å². The molecule has 1 aromatic carbocycles. The fourth-order valence-corrected chi connectivity index (χ4v) is 1.13. The molecule has 8 heteroatoms. The third kappa shape index (κ3) is 8.72. The summed E-state index contributed by atoms with van der Waals surface area (Å²) in [7, 11) is -4.40. The van der Waals surface area contributed by atoms with Crippen LogP contribution in [0.15, 0.2) is 24.3 Å². The topological polar surface area (TPSA) is 130 Å². The SMILES string of the molecule is C[C@H](N)C(=O)O.Cc1ccc(OP(=O)(O)O)cc1. The first-order chi connectivity index (χ1) is 8.11. The van der Waals surface area contributed by atoms with E-state index in [2.05, 4.69) is 4.52 Å². The van der Waals surface area contributed by atoms with Gasteiger partial charge >= 0.3 is 13.8 Å². The lowest BCUT2D eigenvalue weighted by Crippen LogP contribution is -2.25. The Bertz CT molecular complexity index is 424. The number of aliphatic carboxylic acids is 1. The second kappa shape index (κ2) is 7.13. The van der Waals surface area contributed by atoms with Gasteiger partial charge in [-0.3, -0.25) is 14.6 Å². The van der Waals surface area contributed by atoms with Crippen molar-refractivity contribution < 1.29 is 28.8 Å². The summed E-state index contributed by atoms with van der Waals surface area (Å²) >= 11 is 0. The van der Waals surface area contributed by atoms with Crippen molar-refractivity contribution in [1.82, 2.24) is 0 Å². The van der Waals surface area contributed by atoms with Gasteiger partial charge in [0.25, 0.3) is 0 Å². The molecule has 0 radical (unpaired) electrons. The number of rotatable bonds is 3. The van der Waals surface area contributed by atoms with Crippen LogP contribution in [-0.4, -0.2) is 26.9 Å². The maximum absolute atomic E-state index is 10.4. The molecule has 0 heterocycles. The van der Waals surface area contributed by atoms with E-state index >= 15 is 0 Å². The lowest BCUT2D eigenvalue weighted by atomic mass is 10.2.